The summed E-state index contributed by atoms with van der Waals surface area (Å²) < 4.78 is 10.5. The fraction of sp³-hybridized carbons (Fsp3) is 0.591. The maximum absolute atomic E-state index is 12.4. The van der Waals surface area contributed by atoms with Gasteiger partial charge in [-0.15, -0.1) is 0 Å². The molecule has 0 radical (unpaired) electrons. The van der Waals surface area contributed by atoms with Crippen molar-refractivity contribution in [3.63, 3.8) is 0 Å². The number of anilines is 1. The molecule has 0 aliphatic carbocycles. The summed E-state index contributed by atoms with van der Waals surface area (Å²) in [6.07, 6.45) is 1.45. The lowest BCUT2D eigenvalue weighted by molar-refractivity contribution is -0.154. The molecule has 7 heteroatoms. The number of esters is 1. The van der Waals surface area contributed by atoms with Gasteiger partial charge < -0.3 is 19.3 Å². The van der Waals surface area contributed by atoms with Crippen LogP contribution in [0, 0.1) is 11.8 Å². The van der Waals surface area contributed by atoms with Gasteiger partial charge in [-0.05, 0) is 42.5 Å². The van der Waals surface area contributed by atoms with Gasteiger partial charge in [0.1, 0.15) is 5.75 Å². The molecular weight excluding hydrogens is 372 g/mol. The molecular formula is C22H32N2O5. The second-order valence-corrected chi connectivity index (χ2v) is 8.18. The van der Waals surface area contributed by atoms with Crippen molar-refractivity contribution in [2.45, 2.75) is 40.5 Å². The normalized spacial score (nSPS) is 13.9. The minimum absolute atomic E-state index is 0.121. The molecule has 7 nitrogen and oxygen atoms in total. The van der Waals surface area contributed by atoms with Crippen LogP contribution in [0.5, 0.6) is 5.75 Å². The molecule has 0 unspecified atom stereocenters. The number of carbonyl (C=O) groups excluding carboxylic acids is 3. The zero-order valence-corrected chi connectivity index (χ0v) is 17.8. The molecule has 1 heterocycles. The molecule has 0 bridgehead atoms. The zero-order chi connectivity index (χ0) is 21.4. The highest BCUT2D eigenvalue weighted by Gasteiger charge is 2.21. The first-order valence-corrected chi connectivity index (χ1v) is 10.2. The quantitative estimate of drug-likeness (QED) is 0.561. The molecule has 1 aromatic rings. The molecule has 0 N–H and O–H groups in total. The van der Waals surface area contributed by atoms with E-state index < -0.39 is 5.97 Å². The Morgan fingerprint density at radius 2 is 1.66 bits per heavy atom. The van der Waals surface area contributed by atoms with Crippen LogP contribution < -0.4 is 9.64 Å². The van der Waals surface area contributed by atoms with Gasteiger partial charge in [0.05, 0.1) is 0 Å². The third kappa shape index (κ3) is 7.40. The summed E-state index contributed by atoms with van der Waals surface area (Å²) in [4.78, 5) is 39.5. The third-order valence-corrected chi connectivity index (χ3v) is 4.46. The summed E-state index contributed by atoms with van der Waals surface area (Å²) >= 11 is 0. The highest BCUT2D eigenvalue weighted by Crippen LogP contribution is 2.23. The van der Waals surface area contributed by atoms with Crippen LogP contribution in [-0.4, -0.2) is 55.5 Å². The maximum Gasteiger partial charge on any atom is 0.344 e. The van der Waals surface area contributed by atoms with Crippen LogP contribution in [-0.2, 0) is 19.1 Å². The molecule has 1 aliphatic rings. The Morgan fingerprint density at radius 3 is 2.17 bits per heavy atom. The Hall–Kier alpha value is -2.57. The molecule has 1 aromatic carbocycles. The highest BCUT2D eigenvalue weighted by molar-refractivity contribution is 5.95. The van der Waals surface area contributed by atoms with Crippen LogP contribution in [0.2, 0.25) is 0 Å². The maximum atomic E-state index is 12.4. The van der Waals surface area contributed by atoms with Gasteiger partial charge in [0, 0.05) is 31.7 Å². The molecule has 0 atom stereocenters. The number of amides is 2. The smallest absolute Gasteiger partial charge is 0.344 e. The first-order chi connectivity index (χ1) is 13.8. The van der Waals surface area contributed by atoms with E-state index >= 15 is 0 Å². The van der Waals surface area contributed by atoms with Crippen molar-refractivity contribution in [1.82, 2.24) is 4.90 Å². The molecule has 0 aromatic heterocycles. The lowest BCUT2D eigenvalue weighted by Crippen LogP contribution is -2.39. The Balaban J connectivity index is 1.77. The number of nitrogens with zero attached hydrogens (tertiary/aromatic N) is 2. The van der Waals surface area contributed by atoms with Crippen LogP contribution in [0.4, 0.5) is 5.69 Å². The van der Waals surface area contributed by atoms with E-state index in [1.807, 2.05) is 27.7 Å². The average Bonchev–Trinajstić information content (AvgIpc) is 3.09. The van der Waals surface area contributed by atoms with E-state index in [0.717, 1.165) is 18.7 Å². The molecule has 2 amide bonds. The number of carbonyl (C=O) groups is 3. The van der Waals surface area contributed by atoms with Crippen molar-refractivity contribution in [3.05, 3.63) is 24.3 Å². The summed E-state index contributed by atoms with van der Waals surface area (Å²) in [5, 5.41) is 0. The molecule has 0 spiro atoms. The van der Waals surface area contributed by atoms with Crippen molar-refractivity contribution in [3.8, 4) is 5.75 Å². The lowest BCUT2D eigenvalue weighted by atomic mass is 10.1. The number of rotatable bonds is 10. The van der Waals surface area contributed by atoms with Gasteiger partial charge in [-0.25, -0.2) is 4.79 Å². The molecule has 1 saturated heterocycles. The van der Waals surface area contributed by atoms with E-state index in [1.165, 1.54) is 0 Å². The second kappa shape index (κ2) is 10.8. The minimum atomic E-state index is -0.591. The summed E-state index contributed by atoms with van der Waals surface area (Å²) in [5.41, 5.74) is 0.823. The van der Waals surface area contributed by atoms with E-state index in [0.29, 0.717) is 37.1 Å². The monoisotopic (exact) mass is 404 g/mol. The van der Waals surface area contributed by atoms with E-state index in [-0.39, 0.29) is 25.0 Å². The number of ether oxygens (including phenoxy) is 2. The van der Waals surface area contributed by atoms with Crippen LogP contribution in [0.25, 0.3) is 0 Å². The average molecular weight is 405 g/mol. The first kappa shape index (κ1) is 22.7. The Bertz CT molecular complexity index is 690. The van der Waals surface area contributed by atoms with Crippen molar-refractivity contribution >= 4 is 23.5 Å². The van der Waals surface area contributed by atoms with Gasteiger partial charge in [0.15, 0.2) is 13.2 Å². The largest absolute Gasteiger partial charge is 0.482 e. The first-order valence-electron chi connectivity index (χ1n) is 10.2. The molecule has 2 rings (SSSR count). The fourth-order valence-electron chi connectivity index (χ4n) is 3.22. The fourth-order valence-corrected chi connectivity index (χ4v) is 3.22. The van der Waals surface area contributed by atoms with E-state index in [9.17, 15) is 14.4 Å². The molecule has 1 aliphatic heterocycles. The van der Waals surface area contributed by atoms with Crippen LogP contribution >= 0.6 is 0 Å². The summed E-state index contributed by atoms with van der Waals surface area (Å²) in [5.74, 6) is 0.526. The van der Waals surface area contributed by atoms with Crippen LogP contribution in [0.1, 0.15) is 40.5 Å². The van der Waals surface area contributed by atoms with Gasteiger partial charge >= 0.3 is 5.97 Å². The molecule has 1 fully saturated rings. The summed E-state index contributed by atoms with van der Waals surface area (Å²) in [6.45, 7) is 9.63. The van der Waals surface area contributed by atoms with Crippen molar-refractivity contribution in [2.24, 2.45) is 11.8 Å². The second-order valence-electron chi connectivity index (χ2n) is 8.18. The van der Waals surface area contributed by atoms with Crippen molar-refractivity contribution in [1.29, 1.82) is 0 Å². The standard InChI is InChI=1S/C22H32N2O5/c1-16(2)12-23(13-17(3)4)21(26)14-29-22(27)15-28-19-9-7-18(8-10-19)24-11-5-6-20(24)25/h7-10,16-17H,5-6,11-15H2,1-4H3. The van der Waals surface area contributed by atoms with Gasteiger partial charge in [-0.2, -0.15) is 0 Å². The Kier molecular flexibility index (Phi) is 8.49. The topological polar surface area (TPSA) is 76.2 Å². The predicted octanol–water partition coefficient (Wildman–Crippen LogP) is 2.88. The van der Waals surface area contributed by atoms with Crippen molar-refractivity contribution in [2.75, 3.05) is 37.7 Å². The van der Waals surface area contributed by atoms with Crippen molar-refractivity contribution < 1.29 is 23.9 Å². The summed E-state index contributed by atoms with van der Waals surface area (Å²) in [7, 11) is 0. The number of benzene rings is 1. The molecule has 160 valence electrons. The van der Waals surface area contributed by atoms with Gasteiger partial charge in [0.25, 0.3) is 5.91 Å². The highest BCUT2D eigenvalue weighted by atomic mass is 16.6. The Morgan fingerprint density at radius 1 is 1.03 bits per heavy atom. The zero-order valence-electron chi connectivity index (χ0n) is 17.8. The minimum Gasteiger partial charge on any atom is -0.482 e. The van der Waals surface area contributed by atoms with E-state index in [1.54, 1.807) is 34.1 Å². The SMILES string of the molecule is CC(C)CN(CC(C)C)C(=O)COC(=O)COc1ccc(N2CCCC2=O)cc1. The predicted molar refractivity (Wildman–Crippen MR) is 111 cm³/mol. The van der Waals surface area contributed by atoms with Gasteiger partial charge in [-0.1, -0.05) is 27.7 Å². The Labute approximate surface area is 172 Å². The van der Waals surface area contributed by atoms with Gasteiger partial charge in [-0.3, -0.25) is 9.59 Å². The molecule has 0 saturated carbocycles. The summed E-state index contributed by atoms with van der Waals surface area (Å²) in [6, 6.07) is 7.02. The van der Waals surface area contributed by atoms with E-state index in [4.69, 9.17) is 9.47 Å². The number of hydrogen-bond donors (Lipinski definition) is 0. The van der Waals surface area contributed by atoms with Gasteiger partial charge in [0.2, 0.25) is 5.91 Å². The van der Waals surface area contributed by atoms with Crippen LogP contribution in [0.3, 0.4) is 0 Å². The van der Waals surface area contributed by atoms with Crippen LogP contribution in [0.15, 0.2) is 24.3 Å². The third-order valence-electron chi connectivity index (χ3n) is 4.46. The number of hydrogen-bond acceptors (Lipinski definition) is 5. The lowest BCUT2D eigenvalue weighted by Gasteiger charge is -2.26. The molecule has 29 heavy (non-hydrogen) atoms. The van der Waals surface area contributed by atoms with E-state index in [2.05, 4.69) is 0 Å².